The molecule has 0 aliphatic rings. The smallest absolute Gasteiger partial charge is 0.271 e. The maximum Gasteiger partial charge on any atom is 0.271 e. The molecule has 0 saturated heterocycles. The van der Waals surface area contributed by atoms with Gasteiger partial charge in [-0.1, -0.05) is 13.0 Å². The first-order chi connectivity index (χ1) is 7.76. The van der Waals surface area contributed by atoms with Crippen LogP contribution < -0.4 is 10.3 Å². The normalized spacial score (nSPS) is 10.4. The fourth-order valence-corrected chi connectivity index (χ4v) is 1.69. The van der Waals surface area contributed by atoms with Crippen LogP contribution in [0.1, 0.15) is 12.5 Å². The van der Waals surface area contributed by atoms with E-state index in [1.807, 2.05) is 18.2 Å². The van der Waals surface area contributed by atoms with Crippen molar-refractivity contribution < 1.29 is 4.74 Å². The van der Waals surface area contributed by atoms with Crippen LogP contribution >= 0.6 is 0 Å². The SMILES string of the molecule is CCc1ccc(OC)c(-c2c[nH][nH]c2=O)c1. The van der Waals surface area contributed by atoms with Gasteiger partial charge in [0.1, 0.15) is 5.75 Å². The van der Waals surface area contributed by atoms with Gasteiger partial charge in [-0.3, -0.25) is 9.89 Å². The van der Waals surface area contributed by atoms with Crippen molar-refractivity contribution in [2.24, 2.45) is 0 Å². The van der Waals surface area contributed by atoms with Crippen LogP contribution in [0.5, 0.6) is 5.75 Å². The number of ether oxygens (including phenoxy) is 1. The number of benzene rings is 1. The number of nitrogens with one attached hydrogen (secondary N) is 2. The third-order valence-corrected chi connectivity index (χ3v) is 2.61. The lowest BCUT2D eigenvalue weighted by Gasteiger charge is -2.07. The third kappa shape index (κ3) is 1.74. The number of aryl methyl sites for hydroxylation is 1. The zero-order chi connectivity index (χ0) is 11.5. The quantitative estimate of drug-likeness (QED) is 0.827. The minimum absolute atomic E-state index is 0.133. The van der Waals surface area contributed by atoms with Gasteiger partial charge in [0, 0.05) is 11.8 Å². The zero-order valence-electron chi connectivity index (χ0n) is 9.33. The molecule has 0 amide bonds. The van der Waals surface area contributed by atoms with Gasteiger partial charge in [0.05, 0.1) is 12.7 Å². The summed E-state index contributed by atoms with van der Waals surface area (Å²) in [7, 11) is 1.60. The number of aromatic nitrogens is 2. The molecule has 4 heteroatoms. The van der Waals surface area contributed by atoms with Gasteiger partial charge in [-0.25, -0.2) is 0 Å². The Kier molecular flexibility index (Phi) is 2.81. The second-order valence-electron chi connectivity index (χ2n) is 3.54. The van der Waals surface area contributed by atoms with Crippen molar-refractivity contribution in [3.8, 4) is 16.9 Å². The molecule has 1 aromatic heterocycles. The summed E-state index contributed by atoms with van der Waals surface area (Å²) in [5.74, 6) is 0.710. The van der Waals surface area contributed by atoms with Crippen molar-refractivity contribution in [1.29, 1.82) is 0 Å². The Morgan fingerprint density at radius 3 is 2.69 bits per heavy atom. The fourth-order valence-electron chi connectivity index (χ4n) is 1.69. The monoisotopic (exact) mass is 218 g/mol. The minimum Gasteiger partial charge on any atom is -0.496 e. The highest BCUT2D eigenvalue weighted by atomic mass is 16.5. The fraction of sp³-hybridized carbons (Fsp3) is 0.250. The first kappa shape index (κ1) is 10.5. The van der Waals surface area contributed by atoms with Gasteiger partial charge in [0.2, 0.25) is 0 Å². The number of aromatic amines is 2. The van der Waals surface area contributed by atoms with E-state index in [2.05, 4.69) is 17.1 Å². The van der Waals surface area contributed by atoms with Crippen LogP contribution in [0.4, 0.5) is 0 Å². The van der Waals surface area contributed by atoms with Crippen LogP contribution in [-0.2, 0) is 6.42 Å². The summed E-state index contributed by atoms with van der Waals surface area (Å²) in [6, 6.07) is 5.88. The third-order valence-electron chi connectivity index (χ3n) is 2.61. The largest absolute Gasteiger partial charge is 0.496 e. The molecular formula is C12H14N2O2. The van der Waals surface area contributed by atoms with Crippen molar-refractivity contribution in [2.45, 2.75) is 13.3 Å². The summed E-state index contributed by atoms with van der Waals surface area (Å²) in [6.45, 7) is 2.08. The molecule has 2 aromatic rings. The second kappa shape index (κ2) is 4.26. The summed E-state index contributed by atoms with van der Waals surface area (Å²) in [5, 5.41) is 5.21. The lowest BCUT2D eigenvalue weighted by atomic mass is 10.0. The predicted molar refractivity (Wildman–Crippen MR) is 62.8 cm³/mol. The average molecular weight is 218 g/mol. The average Bonchev–Trinajstić information content (AvgIpc) is 2.74. The Bertz CT molecular complexity index is 540. The van der Waals surface area contributed by atoms with Crippen LogP contribution in [-0.4, -0.2) is 17.3 Å². The summed E-state index contributed by atoms with van der Waals surface area (Å²) in [5.41, 5.74) is 2.47. The van der Waals surface area contributed by atoms with Gasteiger partial charge in [-0.15, -0.1) is 0 Å². The topological polar surface area (TPSA) is 57.9 Å². The highest BCUT2D eigenvalue weighted by Crippen LogP contribution is 2.28. The maximum absolute atomic E-state index is 11.5. The predicted octanol–water partition coefficient (Wildman–Crippen LogP) is 1.94. The van der Waals surface area contributed by atoms with E-state index < -0.39 is 0 Å². The van der Waals surface area contributed by atoms with Crippen LogP contribution in [0.2, 0.25) is 0 Å². The number of hydrogen-bond donors (Lipinski definition) is 2. The van der Waals surface area contributed by atoms with E-state index in [9.17, 15) is 4.79 Å². The highest BCUT2D eigenvalue weighted by Gasteiger charge is 2.10. The molecule has 2 rings (SSSR count). The minimum atomic E-state index is -0.133. The lowest BCUT2D eigenvalue weighted by molar-refractivity contribution is 0.416. The molecule has 4 nitrogen and oxygen atoms in total. The van der Waals surface area contributed by atoms with Crippen molar-refractivity contribution in [3.63, 3.8) is 0 Å². The first-order valence-corrected chi connectivity index (χ1v) is 5.19. The molecule has 0 spiro atoms. The molecule has 0 bridgehead atoms. The first-order valence-electron chi connectivity index (χ1n) is 5.19. The molecule has 84 valence electrons. The summed E-state index contributed by atoms with van der Waals surface area (Å²) in [6.07, 6.45) is 2.58. The lowest BCUT2D eigenvalue weighted by Crippen LogP contribution is -2.02. The van der Waals surface area contributed by atoms with Gasteiger partial charge in [0.25, 0.3) is 5.56 Å². The Morgan fingerprint density at radius 1 is 1.31 bits per heavy atom. The molecule has 1 aromatic carbocycles. The molecule has 0 aliphatic carbocycles. The zero-order valence-corrected chi connectivity index (χ0v) is 9.33. The van der Waals surface area contributed by atoms with E-state index in [-0.39, 0.29) is 5.56 Å². The summed E-state index contributed by atoms with van der Waals surface area (Å²) >= 11 is 0. The number of methoxy groups -OCH3 is 1. The molecular weight excluding hydrogens is 204 g/mol. The van der Waals surface area contributed by atoms with Gasteiger partial charge in [0.15, 0.2) is 0 Å². The molecule has 16 heavy (non-hydrogen) atoms. The van der Waals surface area contributed by atoms with E-state index in [1.54, 1.807) is 13.3 Å². The number of hydrogen-bond acceptors (Lipinski definition) is 2. The number of rotatable bonds is 3. The summed E-state index contributed by atoms with van der Waals surface area (Å²) < 4.78 is 5.26. The molecule has 2 N–H and O–H groups in total. The molecule has 0 fully saturated rings. The van der Waals surface area contributed by atoms with Crippen LogP contribution in [0.15, 0.2) is 29.2 Å². The van der Waals surface area contributed by atoms with Crippen molar-refractivity contribution in [3.05, 3.63) is 40.3 Å². The number of H-pyrrole nitrogens is 2. The van der Waals surface area contributed by atoms with Crippen LogP contribution in [0.3, 0.4) is 0 Å². The van der Waals surface area contributed by atoms with E-state index in [0.29, 0.717) is 11.3 Å². The van der Waals surface area contributed by atoms with Crippen LogP contribution in [0, 0.1) is 0 Å². The second-order valence-corrected chi connectivity index (χ2v) is 3.54. The Balaban J connectivity index is 2.62. The van der Waals surface area contributed by atoms with Crippen molar-refractivity contribution >= 4 is 0 Å². The van der Waals surface area contributed by atoms with Crippen LogP contribution in [0.25, 0.3) is 11.1 Å². The van der Waals surface area contributed by atoms with Gasteiger partial charge in [-0.2, -0.15) is 0 Å². The van der Waals surface area contributed by atoms with E-state index >= 15 is 0 Å². The van der Waals surface area contributed by atoms with Crippen molar-refractivity contribution in [2.75, 3.05) is 7.11 Å². The molecule has 0 atom stereocenters. The maximum atomic E-state index is 11.5. The molecule has 0 saturated carbocycles. The Labute approximate surface area is 93.3 Å². The molecule has 0 aliphatic heterocycles. The molecule has 0 unspecified atom stereocenters. The Hall–Kier alpha value is -1.97. The van der Waals surface area contributed by atoms with Gasteiger partial charge < -0.3 is 9.84 Å². The van der Waals surface area contributed by atoms with Crippen molar-refractivity contribution in [1.82, 2.24) is 10.2 Å². The van der Waals surface area contributed by atoms with Gasteiger partial charge >= 0.3 is 0 Å². The van der Waals surface area contributed by atoms with Gasteiger partial charge in [-0.05, 0) is 24.1 Å². The van der Waals surface area contributed by atoms with E-state index in [1.165, 1.54) is 5.56 Å². The molecule has 0 radical (unpaired) electrons. The summed E-state index contributed by atoms with van der Waals surface area (Å²) in [4.78, 5) is 11.5. The Morgan fingerprint density at radius 2 is 2.12 bits per heavy atom. The standard InChI is InChI=1S/C12H14N2O2/c1-3-8-4-5-11(16-2)9(6-8)10-7-13-14-12(10)15/h4-7H,3H2,1-2H3,(H2,13,14,15). The molecule has 1 heterocycles. The van der Waals surface area contributed by atoms with E-state index in [0.717, 1.165) is 12.0 Å². The highest BCUT2D eigenvalue weighted by molar-refractivity contribution is 5.69. The van der Waals surface area contributed by atoms with E-state index in [4.69, 9.17) is 4.74 Å².